The Hall–Kier alpha value is -1.17. The lowest BCUT2D eigenvalue weighted by atomic mass is 10.1. The molecule has 0 aliphatic carbocycles. The number of hydrogen-bond donors (Lipinski definition) is 1. The maximum absolute atomic E-state index is 11.5. The summed E-state index contributed by atoms with van der Waals surface area (Å²) < 4.78 is 0. The summed E-state index contributed by atoms with van der Waals surface area (Å²) in [4.78, 5) is 16.1. The topological polar surface area (TPSA) is 40.5 Å². The molecule has 0 amide bonds. The molecule has 5 heteroatoms. The van der Waals surface area contributed by atoms with Gasteiger partial charge in [0.25, 0.3) is 0 Å². The van der Waals surface area contributed by atoms with Crippen LogP contribution in [0.5, 0.6) is 0 Å². The first kappa shape index (κ1) is 13.8. The molecule has 0 saturated carbocycles. The maximum atomic E-state index is 11.5. The van der Waals surface area contributed by atoms with Crippen LogP contribution in [-0.4, -0.2) is 28.6 Å². The van der Waals surface area contributed by atoms with Crippen molar-refractivity contribution in [3.8, 4) is 0 Å². The van der Waals surface area contributed by atoms with E-state index in [9.17, 15) is 9.90 Å². The number of rotatable bonds is 4. The van der Waals surface area contributed by atoms with Crippen LogP contribution in [0.3, 0.4) is 0 Å². The molecule has 1 saturated heterocycles. The third-order valence-electron chi connectivity index (χ3n) is 3.80. The van der Waals surface area contributed by atoms with Crippen molar-refractivity contribution in [2.75, 3.05) is 6.54 Å². The number of nitrogens with zero attached hydrogens (tertiary/aromatic N) is 1. The number of aryl methyl sites for hydroxylation is 1. The molecule has 0 radical (unpaired) electrons. The Morgan fingerprint density at radius 1 is 1.45 bits per heavy atom. The van der Waals surface area contributed by atoms with E-state index in [-0.39, 0.29) is 12.1 Å². The summed E-state index contributed by atoms with van der Waals surface area (Å²) in [6.07, 6.45) is 1.71. The minimum atomic E-state index is -0.698. The highest BCUT2D eigenvalue weighted by Gasteiger charge is 2.37. The Balaban J connectivity index is 2.00. The number of hydrogen-bond acceptors (Lipinski definition) is 4. The standard InChI is InChI=1S/C15H17NO2S2/c1-10-4-5-13(20-10)14(11-6-8-19-9-11)16-7-2-3-12(16)15(17)18/h4-6,8-9,12,14H,2-3,7H2,1H3,(H,17,18). The molecule has 0 bridgehead atoms. The van der Waals surface area contributed by atoms with E-state index < -0.39 is 5.97 Å². The van der Waals surface area contributed by atoms with Crippen LogP contribution >= 0.6 is 22.7 Å². The quantitative estimate of drug-likeness (QED) is 0.935. The van der Waals surface area contributed by atoms with Crippen LogP contribution in [0, 0.1) is 6.92 Å². The zero-order chi connectivity index (χ0) is 14.1. The van der Waals surface area contributed by atoms with Crippen LogP contribution in [0.15, 0.2) is 29.0 Å². The number of carboxylic acid groups (broad SMARTS) is 1. The molecular formula is C15H17NO2S2. The summed E-state index contributed by atoms with van der Waals surface area (Å²) in [5, 5.41) is 13.6. The number of aliphatic carboxylic acids is 1. The van der Waals surface area contributed by atoms with Crippen LogP contribution in [0.1, 0.15) is 34.2 Å². The van der Waals surface area contributed by atoms with Gasteiger partial charge in [0, 0.05) is 16.3 Å². The van der Waals surface area contributed by atoms with E-state index in [0.717, 1.165) is 19.4 Å². The Bertz CT molecular complexity index is 591. The first-order valence-corrected chi connectivity index (χ1v) is 8.49. The molecule has 20 heavy (non-hydrogen) atoms. The summed E-state index contributed by atoms with van der Waals surface area (Å²) in [6, 6.07) is 6.10. The third kappa shape index (κ3) is 2.53. The van der Waals surface area contributed by atoms with Crippen molar-refractivity contribution in [1.82, 2.24) is 4.90 Å². The van der Waals surface area contributed by atoms with Gasteiger partial charge in [0.2, 0.25) is 0 Å². The largest absolute Gasteiger partial charge is 0.480 e. The van der Waals surface area contributed by atoms with Gasteiger partial charge < -0.3 is 5.11 Å². The van der Waals surface area contributed by atoms with E-state index in [1.54, 1.807) is 22.7 Å². The summed E-state index contributed by atoms with van der Waals surface area (Å²) in [7, 11) is 0. The lowest BCUT2D eigenvalue weighted by molar-refractivity contribution is -0.142. The van der Waals surface area contributed by atoms with E-state index in [1.807, 2.05) is 0 Å². The number of carboxylic acids is 1. The van der Waals surface area contributed by atoms with Crippen molar-refractivity contribution in [2.45, 2.75) is 31.8 Å². The lowest BCUT2D eigenvalue weighted by Gasteiger charge is -2.30. The third-order valence-corrected chi connectivity index (χ3v) is 5.56. The van der Waals surface area contributed by atoms with Crippen LogP contribution in [0.25, 0.3) is 0 Å². The van der Waals surface area contributed by atoms with Crippen molar-refractivity contribution in [3.05, 3.63) is 44.3 Å². The highest BCUT2D eigenvalue weighted by atomic mass is 32.1. The van der Waals surface area contributed by atoms with Gasteiger partial charge in [0.05, 0.1) is 6.04 Å². The van der Waals surface area contributed by atoms with Crippen molar-refractivity contribution < 1.29 is 9.90 Å². The SMILES string of the molecule is Cc1ccc(C(c2ccsc2)N2CCCC2C(=O)O)s1. The summed E-state index contributed by atoms with van der Waals surface area (Å²) in [6.45, 7) is 2.95. The van der Waals surface area contributed by atoms with E-state index in [1.165, 1.54) is 15.3 Å². The molecule has 2 unspecified atom stereocenters. The van der Waals surface area contributed by atoms with E-state index in [4.69, 9.17) is 0 Å². The molecule has 106 valence electrons. The van der Waals surface area contributed by atoms with E-state index in [0.29, 0.717) is 0 Å². The Labute approximate surface area is 126 Å². The molecule has 1 aliphatic rings. The predicted octanol–water partition coefficient (Wildman–Crippen LogP) is 3.76. The average Bonchev–Trinajstić information content (AvgIpc) is 3.12. The maximum Gasteiger partial charge on any atom is 0.320 e. The first-order valence-electron chi connectivity index (χ1n) is 6.74. The smallest absolute Gasteiger partial charge is 0.320 e. The first-order chi connectivity index (χ1) is 9.66. The second-order valence-electron chi connectivity index (χ2n) is 5.14. The van der Waals surface area contributed by atoms with Gasteiger partial charge in [-0.1, -0.05) is 0 Å². The number of carbonyl (C=O) groups is 1. The van der Waals surface area contributed by atoms with Gasteiger partial charge in [0.15, 0.2) is 0 Å². The van der Waals surface area contributed by atoms with Crippen LogP contribution in [0.2, 0.25) is 0 Å². The van der Waals surface area contributed by atoms with Gasteiger partial charge >= 0.3 is 5.97 Å². The van der Waals surface area contributed by atoms with Gasteiger partial charge in [-0.2, -0.15) is 11.3 Å². The van der Waals surface area contributed by atoms with Gasteiger partial charge in [-0.15, -0.1) is 11.3 Å². The van der Waals surface area contributed by atoms with Gasteiger partial charge in [-0.25, -0.2) is 0 Å². The lowest BCUT2D eigenvalue weighted by Crippen LogP contribution is -2.38. The van der Waals surface area contributed by atoms with Crippen molar-refractivity contribution in [1.29, 1.82) is 0 Å². The van der Waals surface area contributed by atoms with Crippen LogP contribution in [0.4, 0.5) is 0 Å². The molecule has 1 fully saturated rings. The van der Waals surface area contributed by atoms with Crippen LogP contribution in [-0.2, 0) is 4.79 Å². The zero-order valence-corrected chi connectivity index (χ0v) is 12.9. The fourth-order valence-electron chi connectivity index (χ4n) is 2.91. The molecule has 1 aliphatic heterocycles. The predicted molar refractivity (Wildman–Crippen MR) is 82.6 cm³/mol. The Morgan fingerprint density at radius 3 is 2.90 bits per heavy atom. The summed E-state index contributed by atoms with van der Waals surface area (Å²) >= 11 is 3.43. The van der Waals surface area contributed by atoms with E-state index >= 15 is 0 Å². The molecule has 0 aromatic carbocycles. The minimum absolute atomic E-state index is 0.0866. The van der Waals surface area contributed by atoms with Gasteiger partial charge in [-0.3, -0.25) is 9.69 Å². The molecular weight excluding hydrogens is 290 g/mol. The molecule has 2 aromatic rings. The average molecular weight is 307 g/mol. The van der Waals surface area contributed by atoms with Crippen LogP contribution < -0.4 is 0 Å². The second kappa shape index (κ2) is 5.68. The van der Waals surface area contributed by atoms with Crippen molar-refractivity contribution >= 4 is 28.6 Å². The van der Waals surface area contributed by atoms with Gasteiger partial charge in [0.1, 0.15) is 6.04 Å². The van der Waals surface area contributed by atoms with Gasteiger partial charge in [-0.05, 0) is 54.3 Å². The molecule has 0 spiro atoms. The Kier molecular flexibility index (Phi) is 3.92. The minimum Gasteiger partial charge on any atom is -0.480 e. The molecule has 3 rings (SSSR count). The summed E-state index contributed by atoms with van der Waals surface area (Å²) in [5.74, 6) is -0.698. The second-order valence-corrected chi connectivity index (χ2v) is 7.24. The monoisotopic (exact) mass is 307 g/mol. The Morgan fingerprint density at radius 2 is 2.30 bits per heavy atom. The number of likely N-dealkylation sites (tertiary alicyclic amines) is 1. The molecule has 2 atom stereocenters. The van der Waals surface area contributed by atoms with E-state index in [2.05, 4.69) is 40.8 Å². The fourth-order valence-corrected chi connectivity index (χ4v) is 4.62. The molecule has 3 nitrogen and oxygen atoms in total. The fraction of sp³-hybridized carbons (Fsp3) is 0.400. The summed E-state index contributed by atoms with van der Waals surface area (Å²) in [5.41, 5.74) is 1.21. The zero-order valence-electron chi connectivity index (χ0n) is 11.3. The normalized spacial score (nSPS) is 21.1. The molecule has 3 heterocycles. The van der Waals surface area contributed by atoms with Crippen molar-refractivity contribution in [3.63, 3.8) is 0 Å². The van der Waals surface area contributed by atoms with Crippen molar-refractivity contribution in [2.24, 2.45) is 0 Å². The molecule has 1 N–H and O–H groups in total. The number of thiophene rings is 2. The highest BCUT2D eigenvalue weighted by molar-refractivity contribution is 7.12. The highest BCUT2D eigenvalue weighted by Crippen LogP contribution is 2.38. The molecule has 2 aromatic heterocycles.